The molecule has 0 spiro atoms. The van der Waals surface area contributed by atoms with Crippen LogP contribution in [0, 0.1) is 11.3 Å². The lowest BCUT2D eigenvalue weighted by Crippen LogP contribution is -2.13. The van der Waals surface area contributed by atoms with Crippen LogP contribution in [-0.4, -0.2) is 20.2 Å². The summed E-state index contributed by atoms with van der Waals surface area (Å²) in [6.45, 7) is 0.0713. The summed E-state index contributed by atoms with van der Waals surface area (Å²) in [6.07, 6.45) is 1.40. The number of benzene rings is 2. The zero-order valence-corrected chi connectivity index (χ0v) is 15.2. The van der Waals surface area contributed by atoms with Gasteiger partial charge in [-0.25, -0.2) is 13.4 Å². The maximum absolute atomic E-state index is 12.6. The SMILES string of the molecule is N#Cc1cccc(Nc2ccc(NS(=O)(=O)c3ccc4c(c3)OCO4)cn2)c1. The first kappa shape index (κ1) is 17.6. The van der Waals surface area contributed by atoms with Crippen molar-refractivity contribution < 1.29 is 17.9 Å². The van der Waals surface area contributed by atoms with Crippen molar-refractivity contribution in [2.24, 2.45) is 0 Å². The molecule has 4 rings (SSSR count). The summed E-state index contributed by atoms with van der Waals surface area (Å²) >= 11 is 0. The van der Waals surface area contributed by atoms with E-state index in [9.17, 15) is 8.42 Å². The molecule has 0 saturated heterocycles. The number of hydrogen-bond acceptors (Lipinski definition) is 7. The molecule has 2 aromatic carbocycles. The number of anilines is 3. The number of pyridine rings is 1. The molecule has 0 bridgehead atoms. The number of nitriles is 1. The molecule has 2 N–H and O–H groups in total. The van der Waals surface area contributed by atoms with Gasteiger partial charge < -0.3 is 14.8 Å². The Morgan fingerprint density at radius 2 is 1.86 bits per heavy atom. The van der Waals surface area contributed by atoms with Gasteiger partial charge in [0.1, 0.15) is 5.82 Å². The fraction of sp³-hybridized carbons (Fsp3) is 0.0526. The van der Waals surface area contributed by atoms with E-state index in [0.717, 1.165) is 0 Å². The molecule has 9 heteroatoms. The first-order chi connectivity index (χ1) is 13.5. The van der Waals surface area contributed by atoms with Crippen LogP contribution in [0.25, 0.3) is 0 Å². The minimum Gasteiger partial charge on any atom is -0.454 e. The van der Waals surface area contributed by atoms with Gasteiger partial charge in [0.05, 0.1) is 28.4 Å². The summed E-state index contributed by atoms with van der Waals surface area (Å²) in [5, 5.41) is 12.0. The molecule has 0 unspecified atom stereocenters. The predicted octanol–water partition coefficient (Wildman–Crippen LogP) is 3.23. The van der Waals surface area contributed by atoms with Crippen molar-refractivity contribution in [3.8, 4) is 17.6 Å². The number of rotatable bonds is 5. The van der Waals surface area contributed by atoms with Gasteiger partial charge in [-0.3, -0.25) is 4.72 Å². The second-order valence-corrected chi connectivity index (χ2v) is 7.55. The minimum absolute atomic E-state index is 0.0623. The fourth-order valence-electron chi connectivity index (χ4n) is 2.60. The number of sulfonamides is 1. The van der Waals surface area contributed by atoms with Crippen LogP contribution in [0.4, 0.5) is 17.2 Å². The van der Waals surface area contributed by atoms with E-state index in [2.05, 4.69) is 21.1 Å². The van der Waals surface area contributed by atoms with Crippen LogP contribution in [0.1, 0.15) is 5.56 Å². The number of aromatic nitrogens is 1. The second kappa shape index (κ2) is 7.09. The molecular weight excluding hydrogens is 380 g/mol. The van der Waals surface area contributed by atoms with Gasteiger partial charge in [-0.2, -0.15) is 5.26 Å². The van der Waals surface area contributed by atoms with E-state index in [1.807, 2.05) is 0 Å². The smallest absolute Gasteiger partial charge is 0.262 e. The van der Waals surface area contributed by atoms with Crippen LogP contribution in [0.15, 0.2) is 65.7 Å². The van der Waals surface area contributed by atoms with Gasteiger partial charge in [0, 0.05) is 11.8 Å². The predicted molar refractivity (Wildman–Crippen MR) is 102 cm³/mol. The Kier molecular flexibility index (Phi) is 4.47. The number of nitrogens with zero attached hydrogens (tertiary/aromatic N) is 2. The molecule has 1 aliphatic rings. The standard InChI is InChI=1S/C19H14N4O4S/c20-10-13-2-1-3-14(8-13)22-19-7-4-15(11-21-19)23-28(24,25)16-5-6-17-18(9-16)27-12-26-17/h1-9,11,23H,12H2,(H,21,22). The maximum Gasteiger partial charge on any atom is 0.262 e. The van der Waals surface area contributed by atoms with Crippen molar-refractivity contribution >= 4 is 27.2 Å². The van der Waals surface area contributed by atoms with E-state index >= 15 is 0 Å². The van der Waals surface area contributed by atoms with Crippen molar-refractivity contribution in [3.05, 3.63) is 66.4 Å². The molecule has 0 fully saturated rings. The molecular formula is C19H14N4O4S. The lowest BCUT2D eigenvalue weighted by Gasteiger charge is -2.10. The topological polar surface area (TPSA) is 113 Å². The molecule has 0 aliphatic carbocycles. The van der Waals surface area contributed by atoms with E-state index in [0.29, 0.717) is 34.3 Å². The summed E-state index contributed by atoms with van der Waals surface area (Å²) in [7, 11) is -3.80. The summed E-state index contributed by atoms with van der Waals surface area (Å²) in [5.74, 6) is 1.41. The summed E-state index contributed by atoms with van der Waals surface area (Å²) in [5.41, 5.74) is 1.55. The van der Waals surface area contributed by atoms with E-state index in [1.54, 1.807) is 42.5 Å². The third kappa shape index (κ3) is 3.67. The molecule has 28 heavy (non-hydrogen) atoms. The zero-order valence-electron chi connectivity index (χ0n) is 14.4. The van der Waals surface area contributed by atoms with Gasteiger partial charge in [-0.15, -0.1) is 0 Å². The van der Waals surface area contributed by atoms with Gasteiger partial charge in [-0.05, 0) is 42.5 Å². The van der Waals surface area contributed by atoms with Gasteiger partial charge in [0.25, 0.3) is 10.0 Å². The van der Waals surface area contributed by atoms with Crippen LogP contribution in [0.5, 0.6) is 11.5 Å². The molecule has 0 amide bonds. The summed E-state index contributed by atoms with van der Waals surface area (Å²) < 4.78 is 38.0. The Balaban J connectivity index is 1.48. The van der Waals surface area contributed by atoms with Crippen molar-refractivity contribution in [2.45, 2.75) is 4.90 Å². The summed E-state index contributed by atoms with van der Waals surface area (Å²) in [6, 6.07) is 16.7. The van der Waals surface area contributed by atoms with Gasteiger partial charge >= 0.3 is 0 Å². The van der Waals surface area contributed by atoms with Crippen LogP contribution in [-0.2, 0) is 10.0 Å². The number of nitrogens with one attached hydrogen (secondary N) is 2. The normalized spacial score (nSPS) is 12.2. The van der Waals surface area contributed by atoms with Gasteiger partial charge in [0.2, 0.25) is 6.79 Å². The fourth-order valence-corrected chi connectivity index (χ4v) is 3.66. The quantitative estimate of drug-likeness (QED) is 0.683. The Morgan fingerprint density at radius 1 is 1.00 bits per heavy atom. The number of ether oxygens (including phenoxy) is 2. The van der Waals surface area contributed by atoms with Crippen molar-refractivity contribution in [1.82, 2.24) is 4.98 Å². The van der Waals surface area contributed by atoms with E-state index in [1.165, 1.54) is 18.3 Å². The molecule has 2 heterocycles. The highest BCUT2D eigenvalue weighted by molar-refractivity contribution is 7.92. The summed E-state index contributed by atoms with van der Waals surface area (Å²) in [4.78, 5) is 4.26. The second-order valence-electron chi connectivity index (χ2n) is 5.87. The third-order valence-corrected chi connectivity index (χ3v) is 5.31. The molecule has 0 radical (unpaired) electrons. The molecule has 0 atom stereocenters. The third-order valence-electron chi connectivity index (χ3n) is 3.93. The molecule has 0 saturated carbocycles. The van der Waals surface area contributed by atoms with E-state index in [-0.39, 0.29) is 11.7 Å². The number of hydrogen-bond donors (Lipinski definition) is 2. The Labute approximate surface area is 161 Å². The molecule has 140 valence electrons. The molecule has 3 aromatic rings. The van der Waals surface area contributed by atoms with E-state index < -0.39 is 10.0 Å². The van der Waals surface area contributed by atoms with Crippen molar-refractivity contribution in [1.29, 1.82) is 5.26 Å². The zero-order chi connectivity index (χ0) is 19.6. The maximum atomic E-state index is 12.6. The first-order valence-electron chi connectivity index (χ1n) is 8.19. The van der Waals surface area contributed by atoms with Crippen LogP contribution in [0.3, 0.4) is 0 Å². The molecule has 8 nitrogen and oxygen atoms in total. The van der Waals surface area contributed by atoms with Crippen LogP contribution >= 0.6 is 0 Å². The Hall–Kier alpha value is -3.77. The van der Waals surface area contributed by atoms with Crippen LogP contribution in [0.2, 0.25) is 0 Å². The molecule has 1 aromatic heterocycles. The van der Waals surface area contributed by atoms with Crippen molar-refractivity contribution in [2.75, 3.05) is 16.8 Å². The van der Waals surface area contributed by atoms with Gasteiger partial charge in [0.15, 0.2) is 11.5 Å². The molecule has 1 aliphatic heterocycles. The average molecular weight is 394 g/mol. The highest BCUT2D eigenvalue weighted by atomic mass is 32.2. The monoisotopic (exact) mass is 394 g/mol. The largest absolute Gasteiger partial charge is 0.454 e. The average Bonchev–Trinajstić information content (AvgIpc) is 3.17. The van der Waals surface area contributed by atoms with Crippen LogP contribution < -0.4 is 19.5 Å². The lowest BCUT2D eigenvalue weighted by molar-refractivity contribution is 0.174. The number of fused-ring (bicyclic) bond motifs is 1. The Bertz CT molecular complexity index is 1170. The van der Waals surface area contributed by atoms with Crippen molar-refractivity contribution in [3.63, 3.8) is 0 Å². The van der Waals surface area contributed by atoms with E-state index in [4.69, 9.17) is 14.7 Å². The highest BCUT2D eigenvalue weighted by Crippen LogP contribution is 2.34. The minimum atomic E-state index is -3.80. The first-order valence-corrected chi connectivity index (χ1v) is 9.67. The highest BCUT2D eigenvalue weighted by Gasteiger charge is 2.20. The van der Waals surface area contributed by atoms with Gasteiger partial charge in [-0.1, -0.05) is 6.07 Å². The lowest BCUT2D eigenvalue weighted by atomic mass is 10.2. The Morgan fingerprint density at radius 3 is 2.64 bits per heavy atom.